The molecule has 0 bridgehead atoms. The van der Waals surface area contributed by atoms with Crippen LogP contribution < -0.4 is 0 Å². The predicted molar refractivity (Wildman–Crippen MR) is 214 cm³/mol. The third kappa shape index (κ3) is 4.69. The van der Waals surface area contributed by atoms with Gasteiger partial charge in [-0.25, -0.2) is 0 Å². The van der Waals surface area contributed by atoms with Gasteiger partial charge in [-0.2, -0.15) is 0 Å². The third-order valence-electron chi connectivity index (χ3n) is 9.93. The summed E-state index contributed by atoms with van der Waals surface area (Å²) in [6.07, 6.45) is 0. The zero-order chi connectivity index (χ0) is 33.0. The van der Waals surface area contributed by atoms with Gasteiger partial charge in [0.2, 0.25) is 0 Å². The fourth-order valence-corrected chi connectivity index (χ4v) is 8.74. The van der Waals surface area contributed by atoms with Gasteiger partial charge in [-0.1, -0.05) is 152 Å². The molecule has 2 heteroatoms. The maximum atomic E-state index is 6.72. The molecule has 8 aromatic carbocycles. The van der Waals surface area contributed by atoms with Crippen molar-refractivity contribution < 1.29 is 4.42 Å². The van der Waals surface area contributed by atoms with Crippen molar-refractivity contribution in [1.82, 2.24) is 0 Å². The fraction of sp³-hybridized carbons (Fsp3) is 0. The highest BCUT2D eigenvalue weighted by molar-refractivity contribution is 7.25. The van der Waals surface area contributed by atoms with Crippen LogP contribution in [0, 0.1) is 0 Å². The molecule has 0 spiro atoms. The molecule has 0 unspecified atom stereocenters. The maximum Gasteiger partial charge on any atom is 0.143 e. The largest absolute Gasteiger partial charge is 0.455 e. The molecule has 0 radical (unpaired) electrons. The van der Waals surface area contributed by atoms with Crippen molar-refractivity contribution in [3.8, 4) is 55.6 Å². The van der Waals surface area contributed by atoms with Crippen LogP contribution in [-0.4, -0.2) is 0 Å². The summed E-state index contributed by atoms with van der Waals surface area (Å²) in [5, 5.41) is 4.88. The molecule has 50 heavy (non-hydrogen) atoms. The molecular weight excluding hydrogens is 625 g/mol. The molecule has 0 saturated carbocycles. The van der Waals surface area contributed by atoms with E-state index < -0.39 is 0 Å². The van der Waals surface area contributed by atoms with Gasteiger partial charge in [0.25, 0.3) is 0 Å². The normalized spacial score (nSPS) is 11.6. The maximum absolute atomic E-state index is 6.72. The highest BCUT2D eigenvalue weighted by Gasteiger charge is 2.20. The van der Waals surface area contributed by atoms with Gasteiger partial charge < -0.3 is 4.42 Å². The second-order valence-electron chi connectivity index (χ2n) is 12.8. The van der Waals surface area contributed by atoms with Crippen molar-refractivity contribution in [3.05, 3.63) is 182 Å². The number of hydrogen-bond donors (Lipinski definition) is 0. The van der Waals surface area contributed by atoms with Crippen LogP contribution in [0.4, 0.5) is 0 Å². The van der Waals surface area contributed by atoms with Crippen LogP contribution in [0.3, 0.4) is 0 Å². The smallest absolute Gasteiger partial charge is 0.143 e. The van der Waals surface area contributed by atoms with Gasteiger partial charge in [-0.15, -0.1) is 11.3 Å². The van der Waals surface area contributed by atoms with Gasteiger partial charge in [0.1, 0.15) is 11.2 Å². The van der Waals surface area contributed by atoms with Gasteiger partial charge in [0.15, 0.2) is 0 Å². The van der Waals surface area contributed by atoms with E-state index in [1.807, 2.05) is 11.3 Å². The second-order valence-corrected chi connectivity index (χ2v) is 13.9. The molecule has 0 amide bonds. The van der Waals surface area contributed by atoms with E-state index in [9.17, 15) is 0 Å². The van der Waals surface area contributed by atoms with Crippen LogP contribution in [-0.2, 0) is 0 Å². The Kier molecular flexibility index (Phi) is 6.75. The minimum atomic E-state index is 0.899. The Balaban J connectivity index is 1.21. The Labute approximate surface area is 294 Å². The van der Waals surface area contributed by atoms with Crippen LogP contribution in [0.2, 0.25) is 0 Å². The fourth-order valence-electron chi connectivity index (χ4n) is 7.59. The summed E-state index contributed by atoms with van der Waals surface area (Å²) in [6, 6.07) is 65.6. The zero-order valence-electron chi connectivity index (χ0n) is 27.1. The highest BCUT2D eigenvalue weighted by atomic mass is 32.1. The van der Waals surface area contributed by atoms with E-state index >= 15 is 0 Å². The van der Waals surface area contributed by atoms with Crippen LogP contribution in [0.25, 0.3) is 97.7 Å². The first kappa shape index (κ1) is 28.8. The molecule has 0 aliphatic carbocycles. The van der Waals surface area contributed by atoms with Gasteiger partial charge in [0.05, 0.1) is 0 Å². The lowest BCUT2D eigenvalue weighted by Gasteiger charge is -2.18. The summed E-state index contributed by atoms with van der Waals surface area (Å²) >= 11 is 1.86. The lowest BCUT2D eigenvalue weighted by Crippen LogP contribution is -1.92. The van der Waals surface area contributed by atoms with Crippen molar-refractivity contribution in [2.45, 2.75) is 0 Å². The zero-order valence-corrected chi connectivity index (χ0v) is 28.0. The van der Waals surface area contributed by atoms with E-state index in [1.165, 1.54) is 64.7 Å². The molecular formula is C48H30OS. The second kappa shape index (κ2) is 11.7. The molecule has 0 fully saturated rings. The molecule has 0 aliphatic heterocycles. The first-order valence-corrected chi connectivity index (χ1v) is 17.8. The molecule has 234 valence electrons. The van der Waals surface area contributed by atoms with Gasteiger partial charge in [0, 0.05) is 36.5 Å². The summed E-state index contributed by atoms with van der Waals surface area (Å²) in [4.78, 5) is 0. The molecule has 2 aromatic heterocycles. The molecule has 0 atom stereocenters. The van der Waals surface area contributed by atoms with Crippen molar-refractivity contribution in [3.63, 3.8) is 0 Å². The van der Waals surface area contributed by atoms with E-state index in [0.717, 1.165) is 33.1 Å². The SMILES string of the molecule is c1ccc(-c2ccccc2-c2ccccc2-c2ccccc2-c2cc(-c3ccc4c(c3)sc3ccccc34)cc3c2oc2ccccc23)cc1. The molecule has 2 heterocycles. The number of furan rings is 1. The number of fused-ring (bicyclic) bond motifs is 6. The summed E-state index contributed by atoms with van der Waals surface area (Å²) in [7, 11) is 0. The highest BCUT2D eigenvalue weighted by Crippen LogP contribution is 2.46. The first-order valence-electron chi connectivity index (χ1n) is 17.0. The van der Waals surface area contributed by atoms with Gasteiger partial charge in [-0.05, 0) is 80.4 Å². The molecule has 0 saturated heterocycles. The Bertz CT molecular complexity index is 2870. The molecule has 1 nitrogen and oxygen atoms in total. The summed E-state index contributed by atoms with van der Waals surface area (Å²) in [5.41, 5.74) is 13.6. The molecule has 10 aromatic rings. The summed E-state index contributed by atoms with van der Waals surface area (Å²) < 4.78 is 9.34. The monoisotopic (exact) mass is 654 g/mol. The predicted octanol–water partition coefficient (Wildman–Crippen LogP) is 14.3. The van der Waals surface area contributed by atoms with Crippen molar-refractivity contribution in [2.24, 2.45) is 0 Å². The quantitative estimate of drug-likeness (QED) is 0.180. The van der Waals surface area contributed by atoms with Crippen molar-refractivity contribution in [1.29, 1.82) is 0 Å². The summed E-state index contributed by atoms with van der Waals surface area (Å²) in [6.45, 7) is 0. The Hall–Kier alpha value is -6.22. The van der Waals surface area contributed by atoms with E-state index in [0.29, 0.717) is 0 Å². The Morgan fingerprint density at radius 1 is 0.300 bits per heavy atom. The minimum absolute atomic E-state index is 0.899. The van der Waals surface area contributed by atoms with Crippen molar-refractivity contribution >= 4 is 53.4 Å². The van der Waals surface area contributed by atoms with E-state index in [4.69, 9.17) is 4.42 Å². The number of hydrogen-bond acceptors (Lipinski definition) is 2. The third-order valence-corrected chi connectivity index (χ3v) is 11.1. The van der Waals surface area contributed by atoms with Crippen LogP contribution >= 0.6 is 11.3 Å². The molecule has 10 rings (SSSR count). The van der Waals surface area contributed by atoms with Gasteiger partial charge in [-0.3, -0.25) is 0 Å². The standard InChI is InChI=1S/C48H30OS/c1-2-14-31(15-3-1)34-16-4-5-17-35(34)36-18-6-7-19-37(36)38-20-8-9-21-39(38)43-28-33(29-44-40-22-10-12-24-45(40)49-48(43)44)32-26-27-42-41-23-11-13-25-46(41)50-47(42)30-32/h1-30H. The molecule has 0 N–H and O–H groups in total. The van der Waals surface area contributed by atoms with Crippen LogP contribution in [0.5, 0.6) is 0 Å². The Morgan fingerprint density at radius 3 is 1.56 bits per heavy atom. The van der Waals surface area contributed by atoms with Gasteiger partial charge >= 0.3 is 0 Å². The number of thiophene rings is 1. The lowest BCUT2D eigenvalue weighted by atomic mass is 9.86. The number of rotatable bonds is 5. The number of para-hydroxylation sites is 1. The minimum Gasteiger partial charge on any atom is -0.455 e. The van der Waals surface area contributed by atoms with E-state index in [-0.39, 0.29) is 0 Å². The average Bonchev–Trinajstić information content (AvgIpc) is 3.76. The average molecular weight is 655 g/mol. The number of benzene rings is 8. The topological polar surface area (TPSA) is 13.1 Å². The molecule has 0 aliphatic rings. The van der Waals surface area contributed by atoms with Crippen LogP contribution in [0.1, 0.15) is 0 Å². The van der Waals surface area contributed by atoms with E-state index in [2.05, 4.69) is 182 Å². The van der Waals surface area contributed by atoms with Crippen molar-refractivity contribution in [2.75, 3.05) is 0 Å². The Morgan fingerprint density at radius 2 is 0.840 bits per heavy atom. The van der Waals surface area contributed by atoms with E-state index in [1.54, 1.807) is 0 Å². The first-order chi connectivity index (χ1) is 24.8. The lowest BCUT2D eigenvalue weighted by molar-refractivity contribution is 0.670. The summed E-state index contributed by atoms with van der Waals surface area (Å²) in [5.74, 6) is 0. The van der Waals surface area contributed by atoms with Crippen LogP contribution in [0.15, 0.2) is 186 Å².